The second kappa shape index (κ2) is 7.81. The molecule has 2 heterocycles. The van der Waals surface area contributed by atoms with Crippen LogP contribution in [0.4, 0.5) is 13.2 Å². The molecule has 3 rings (SSSR count). The van der Waals surface area contributed by atoms with Crippen molar-refractivity contribution < 1.29 is 31.1 Å². The zero-order chi connectivity index (χ0) is 18.8. The summed E-state index contributed by atoms with van der Waals surface area (Å²) in [7, 11) is -3.57. The van der Waals surface area contributed by atoms with Gasteiger partial charge >= 0.3 is 6.18 Å². The van der Waals surface area contributed by atoms with Gasteiger partial charge in [-0.15, -0.1) is 0 Å². The predicted molar refractivity (Wildman–Crippen MR) is 87.1 cm³/mol. The van der Waals surface area contributed by atoms with E-state index in [1.807, 2.05) is 0 Å². The van der Waals surface area contributed by atoms with E-state index in [9.17, 15) is 21.6 Å². The van der Waals surface area contributed by atoms with Gasteiger partial charge in [-0.25, -0.2) is 8.42 Å². The van der Waals surface area contributed by atoms with Gasteiger partial charge in [-0.1, -0.05) is 12.1 Å². The molecule has 26 heavy (non-hydrogen) atoms. The van der Waals surface area contributed by atoms with Crippen molar-refractivity contribution in [2.75, 3.05) is 46.0 Å². The van der Waals surface area contributed by atoms with Crippen molar-refractivity contribution in [3.63, 3.8) is 0 Å². The van der Waals surface area contributed by atoms with Crippen LogP contribution >= 0.6 is 0 Å². The number of nitrogens with zero attached hydrogens (tertiary/aromatic N) is 2. The number of alkyl halides is 3. The standard InChI is InChI=1S/C16H21F3N2O4S/c17-16(18,19)15-12-20(5-10-25-15)11-13-1-3-14(4-2-13)26(22,23)21-6-8-24-9-7-21/h1-4,15H,5-12H2/t15-/m0/s1. The van der Waals surface area contributed by atoms with Crippen molar-refractivity contribution >= 4 is 10.0 Å². The Morgan fingerprint density at radius 2 is 1.69 bits per heavy atom. The second-order valence-corrected chi connectivity index (χ2v) is 8.23. The fraction of sp³-hybridized carbons (Fsp3) is 0.625. The Hall–Kier alpha value is -1.20. The Bertz CT molecular complexity index is 703. The molecule has 2 saturated heterocycles. The summed E-state index contributed by atoms with van der Waals surface area (Å²) in [4.78, 5) is 1.84. The number of ether oxygens (including phenoxy) is 2. The Labute approximate surface area is 150 Å². The molecule has 0 amide bonds. The maximum atomic E-state index is 12.8. The van der Waals surface area contributed by atoms with Crippen LogP contribution in [-0.2, 0) is 26.0 Å². The molecule has 0 N–H and O–H groups in total. The highest BCUT2D eigenvalue weighted by Gasteiger charge is 2.43. The molecule has 0 aromatic heterocycles. The third-order valence-electron chi connectivity index (χ3n) is 4.45. The molecule has 6 nitrogen and oxygen atoms in total. The third-order valence-corrected chi connectivity index (χ3v) is 6.37. The number of hydrogen-bond donors (Lipinski definition) is 0. The lowest BCUT2D eigenvalue weighted by atomic mass is 10.2. The van der Waals surface area contributed by atoms with Crippen LogP contribution in [0.25, 0.3) is 0 Å². The summed E-state index contributed by atoms with van der Waals surface area (Å²) in [6.07, 6.45) is -6.16. The van der Waals surface area contributed by atoms with Crippen LogP contribution in [0.3, 0.4) is 0 Å². The zero-order valence-electron chi connectivity index (χ0n) is 14.1. The first-order valence-electron chi connectivity index (χ1n) is 8.34. The lowest BCUT2D eigenvalue weighted by molar-refractivity contribution is -0.237. The Balaban J connectivity index is 1.64. The molecular formula is C16H21F3N2O4S. The number of hydrogen-bond acceptors (Lipinski definition) is 5. The van der Waals surface area contributed by atoms with Gasteiger partial charge in [0.15, 0.2) is 6.10 Å². The van der Waals surface area contributed by atoms with E-state index in [1.165, 1.54) is 16.4 Å². The second-order valence-electron chi connectivity index (χ2n) is 6.30. The van der Waals surface area contributed by atoms with Gasteiger partial charge in [0.1, 0.15) is 0 Å². The van der Waals surface area contributed by atoms with Crippen molar-refractivity contribution in [3.05, 3.63) is 29.8 Å². The summed E-state index contributed by atoms with van der Waals surface area (Å²) >= 11 is 0. The van der Waals surface area contributed by atoms with Crippen LogP contribution in [0, 0.1) is 0 Å². The van der Waals surface area contributed by atoms with Gasteiger partial charge in [0, 0.05) is 32.7 Å². The van der Waals surface area contributed by atoms with E-state index < -0.39 is 22.3 Å². The van der Waals surface area contributed by atoms with Crippen molar-refractivity contribution in [2.45, 2.75) is 23.7 Å². The van der Waals surface area contributed by atoms with E-state index in [0.29, 0.717) is 39.4 Å². The monoisotopic (exact) mass is 394 g/mol. The minimum atomic E-state index is -4.38. The van der Waals surface area contributed by atoms with Gasteiger partial charge in [-0.3, -0.25) is 4.90 Å². The van der Waals surface area contributed by atoms with Gasteiger partial charge < -0.3 is 9.47 Å². The molecular weight excluding hydrogens is 373 g/mol. The van der Waals surface area contributed by atoms with E-state index in [1.54, 1.807) is 17.0 Å². The summed E-state index contributed by atoms with van der Waals surface area (Å²) < 4.78 is 74.8. The van der Waals surface area contributed by atoms with Gasteiger partial charge in [-0.2, -0.15) is 17.5 Å². The lowest BCUT2D eigenvalue weighted by Gasteiger charge is -2.33. The van der Waals surface area contributed by atoms with Crippen molar-refractivity contribution in [1.82, 2.24) is 9.21 Å². The average molecular weight is 394 g/mol. The minimum Gasteiger partial charge on any atom is -0.379 e. The summed E-state index contributed by atoms with van der Waals surface area (Å²) in [5.41, 5.74) is 0.758. The molecule has 0 aliphatic carbocycles. The number of morpholine rings is 2. The maximum absolute atomic E-state index is 12.8. The molecule has 0 unspecified atom stereocenters. The Morgan fingerprint density at radius 1 is 1.04 bits per heavy atom. The number of rotatable bonds is 4. The molecule has 1 atom stereocenters. The largest absolute Gasteiger partial charge is 0.415 e. The summed E-state index contributed by atoms with van der Waals surface area (Å²) in [6, 6.07) is 6.29. The van der Waals surface area contributed by atoms with E-state index in [-0.39, 0.29) is 18.0 Å². The molecule has 1 aromatic carbocycles. The van der Waals surface area contributed by atoms with E-state index in [0.717, 1.165) is 5.56 Å². The molecule has 0 saturated carbocycles. The Kier molecular flexibility index (Phi) is 5.88. The molecule has 10 heteroatoms. The molecule has 2 aliphatic rings. The van der Waals surface area contributed by atoms with E-state index in [4.69, 9.17) is 9.47 Å². The quantitative estimate of drug-likeness (QED) is 0.774. The predicted octanol–water partition coefficient (Wildman–Crippen LogP) is 1.47. The van der Waals surface area contributed by atoms with Crippen LogP contribution in [0.5, 0.6) is 0 Å². The Morgan fingerprint density at radius 3 is 2.31 bits per heavy atom. The van der Waals surface area contributed by atoms with Crippen LogP contribution in [0.15, 0.2) is 29.2 Å². The average Bonchev–Trinajstić information content (AvgIpc) is 2.62. The zero-order valence-corrected chi connectivity index (χ0v) is 14.9. The van der Waals surface area contributed by atoms with Crippen LogP contribution in [-0.4, -0.2) is 75.9 Å². The fourth-order valence-electron chi connectivity index (χ4n) is 3.01. The van der Waals surface area contributed by atoms with Crippen LogP contribution < -0.4 is 0 Å². The highest BCUT2D eigenvalue weighted by molar-refractivity contribution is 7.89. The molecule has 2 fully saturated rings. The first-order valence-corrected chi connectivity index (χ1v) is 9.78. The lowest BCUT2D eigenvalue weighted by Crippen LogP contribution is -2.48. The normalized spacial score (nSPS) is 23.9. The van der Waals surface area contributed by atoms with Crippen molar-refractivity contribution in [2.24, 2.45) is 0 Å². The highest BCUT2D eigenvalue weighted by atomic mass is 32.2. The molecule has 1 aromatic rings. The third kappa shape index (κ3) is 4.55. The van der Waals surface area contributed by atoms with Crippen LogP contribution in [0.2, 0.25) is 0 Å². The number of sulfonamides is 1. The minimum absolute atomic E-state index is 0.0215. The maximum Gasteiger partial charge on any atom is 0.415 e. The van der Waals surface area contributed by atoms with E-state index >= 15 is 0 Å². The van der Waals surface area contributed by atoms with Gasteiger partial charge in [0.25, 0.3) is 0 Å². The first-order chi connectivity index (χ1) is 12.3. The molecule has 0 radical (unpaired) electrons. The van der Waals surface area contributed by atoms with Crippen molar-refractivity contribution in [3.8, 4) is 0 Å². The summed E-state index contributed by atoms with van der Waals surface area (Å²) in [5, 5.41) is 0. The summed E-state index contributed by atoms with van der Waals surface area (Å²) in [5.74, 6) is 0. The topological polar surface area (TPSA) is 59.1 Å². The number of halogens is 3. The van der Waals surface area contributed by atoms with Crippen molar-refractivity contribution in [1.29, 1.82) is 0 Å². The first kappa shape index (κ1) is 19.6. The van der Waals surface area contributed by atoms with Gasteiger partial charge in [-0.05, 0) is 17.7 Å². The molecule has 0 spiro atoms. The van der Waals surface area contributed by atoms with Gasteiger partial charge in [0.05, 0.1) is 24.7 Å². The molecule has 0 bridgehead atoms. The van der Waals surface area contributed by atoms with Gasteiger partial charge in [0.2, 0.25) is 10.0 Å². The molecule has 146 valence electrons. The summed E-state index contributed by atoms with van der Waals surface area (Å²) in [6.45, 7) is 1.88. The van der Waals surface area contributed by atoms with E-state index in [2.05, 4.69) is 0 Å². The SMILES string of the molecule is O=S(=O)(c1ccc(CN2CCO[C@H](C(F)(F)F)C2)cc1)N1CCOCC1. The smallest absolute Gasteiger partial charge is 0.379 e. The molecule has 2 aliphatic heterocycles. The highest BCUT2D eigenvalue weighted by Crippen LogP contribution is 2.26. The number of benzene rings is 1. The fourth-order valence-corrected chi connectivity index (χ4v) is 4.41. The van der Waals surface area contributed by atoms with Crippen LogP contribution in [0.1, 0.15) is 5.56 Å².